The Bertz CT molecular complexity index is 914. The zero-order valence-electron chi connectivity index (χ0n) is 12.5. The Labute approximate surface area is 137 Å². The highest BCUT2D eigenvalue weighted by atomic mass is 32.1. The first-order valence-corrected chi connectivity index (χ1v) is 8.18. The lowest BCUT2D eigenvalue weighted by atomic mass is 9.97. The molecule has 4 rings (SSSR count). The average Bonchev–Trinajstić information content (AvgIpc) is 3.21. The van der Waals surface area contributed by atoms with Gasteiger partial charge in [0.2, 0.25) is 5.13 Å². The molecule has 23 heavy (non-hydrogen) atoms. The maximum absolute atomic E-state index is 14.1. The van der Waals surface area contributed by atoms with E-state index in [1.807, 2.05) is 19.2 Å². The van der Waals surface area contributed by atoms with Crippen molar-refractivity contribution in [3.05, 3.63) is 71.0 Å². The van der Waals surface area contributed by atoms with Crippen molar-refractivity contribution in [1.29, 1.82) is 0 Å². The molecule has 0 radical (unpaired) electrons. The van der Waals surface area contributed by atoms with E-state index in [2.05, 4.69) is 39.8 Å². The fourth-order valence-electron chi connectivity index (χ4n) is 2.84. The third-order valence-electron chi connectivity index (χ3n) is 3.98. The Morgan fingerprint density at radius 2 is 1.96 bits per heavy atom. The van der Waals surface area contributed by atoms with Crippen molar-refractivity contribution < 1.29 is 4.39 Å². The second kappa shape index (κ2) is 5.59. The zero-order chi connectivity index (χ0) is 15.8. The summed E-state index contributed by atoms with van der Waals surface area (Å²) in [6.07, 6.45) is 2.92. The molecule has 0 amide bonds. The van der Waals surface area contributed by atoms with Crippen LogP contribution in [0.15, 0.2) is 48.5 Å². The molecule has 0 unspecified atom stereocenters. The van der Waals surface area contributed by atoms with Crippen LogP contribution < -0.4 is 5.32 Å². The summed E-state index contributed by atoms with van der Waals surface area (Å²) in [6.45, 7) is 0. The fourth-order valence-corrected chi connectivity index (χ4v) is 3.53. The maximum Gasteiger partial charge on any atom is 0.205 e. The van der Waals surface area contributed by atoms with Crippen LogP contribution in [-0.2, 0) is 6.42 Å². The van der Waals surface area contributed by atoms with Crippen molar-refractivity contribution in [3.63, 3.8) is 0 Å². The highest BCUT2D eigenvalue weighted by Gasteiger charge is 2.19. The van der Waals surface area contributed by atoms with E-state index in [1.165, 1.54) is 23.0 Å². The van der Waals surface area contributed by atoms with Crippen molar-refractivity contribution in [1.82, 2.24) is 10.2 Å². The number of nitrogens with one attached hydrogen (secondary N) is 1. The Balaban J connectivity index is 1.78. The van der Waals surface area contributed by atoms with Crippen molar-refractivity contribution >= 4 is 22.0 Å². The van der Waals surface area contributed by atoms with E-state index in [0.29, 0.717) is 5.56 Å². The first-order valence-electron chi connectivity index (χ1n) is 7.36. The summed E-state index contributed by atoms with van der Waals surface area (Å²) in [5.74, 6) is -0.189. The smallest absolute Gasteiger partial charge is 0.205 e. The lowest BCUT2D eigenvalue weighted by Gasteiger charge is -2.08. The van der Waals surface area contributed by atoms with Crippen LogP contribution in [-0.4, -0.2) is 17.2 Å². The number of benzene rings is 2. The van der Waals surface area contributed by atoms with E-state index >= 15 is 0 Å². The van der Waals surface area contributed by atoms with Crippen LogP contribution in [0.3, 0.4) is 0 Å². The molecule has 0 spiro atoms. The SMILES string of the molecule is CNc1nnc(-c2ccc3c(c2)C(c2ccccc2F)=CC3)s1. The van der Waals surface area contributed by atoms with Crippen LogP contribution in [0.25, 0.3) is 16.1 Å². The number of fused-ring (bicyclic) bond motifs is 1. The number of aromatic nitrogens is 2. The lowest BCUT2D eigenvalue weighted by Crippen LogP contribution is -1.91. The Kier molecular flexibility index (Phi) is 3.42. The molecule has 0 atom stereocenters. The molecule has 0 bridgehead atoms. The normalized spacial score (nSPS) is 12.9. The topological polar surface area (TPSA) is 37.8 Å². The largest absolute Gasteiger partial charge is 0.363 e. The van der Waals surface area contributed by atoms with Gasteiger partial charge < -0.3 is 5.32 Å². The number of halogens is 1. The van der Waals surface area contributed by atoms with Gasteiger partial charge in [0.25, 0.3) is 0 Å². The molecule has 0 aliphatic heterocycles. The van der Waals surface area contributed by atoms with Crippen molar-refractivity contribution in [3.8, 4) is 10.6 Å². The van der Waals surface area contributed by atoms with Crippen molar-refractivity contribution in [2.45, 2.75) is 6.42 Å². The van der Waals surface area contributed by atoms with Crippen molar-refractivity contribution in [2.75, 3.05) is 12.4 Å². The summed E-state index contributed by atoms with van der Waals surface area (Å²) in [5.41, 5.74) is 4.90. The number of hydrogen-bond acceptors (Lipinski definition) is 4. The molecule has 5 heteroatoms. The fraction of sp³-hybridized carbons (Fsp3) is 0.111. The Morgan fingerprint density at radius 1 is 1.09 bits per heavy atom. The Morgan fingerprint density at radius 3 is 2.74 bits per heavy atom. The van der Waals surface area contributed by atoms with Crippen LogP contribution >= 0.6 is 11.3 Å². The molecule has 0 saturated carbocycles. The van der Waals surface area contributed by atoms with E-state index in [1.54, 1.807) is 6.07 Å². The molecule has 1 aromatic heterocycles. The van der Waals surface area contributed by atoms with Crippen LogP contribution in [0.1, 0.15) is 16.7 Å². The van der Waals surface area contributed by atoms with Crippen molar-refractivity contribution in [2.24, 2.45) is 0 Å². The number of nitrogens with zero attached hydrogens (tertiary/aromatic N) is 2. The van der Waals surface area contributed by atoms with E-state index < -0.39 is 0 Å². The number of hydrogen-bond donors (Lipinski definition) is 1. The van der Waals surface area contributed by atoms with Gasteiger partial charge >= 0.3 is 0 Å². The molecule has 1 aliphatic carbocycles. The highest BCUT2D eigenvalue weighted by Crippen LogP contribution is 2.37. The second-order valence-electron chi connectivity index (χ2n) is 5.34. The predicted molar refractivity (Wildman–Crippen MR) is 92.1 cm³/mol. The number of rotatable bonds is 3. The number of allylic oxidation sites excluding steroid dienone is 1. The molecule has 114 valence electrons. The lowest BCUT2D eigenvalue weighted by molar-refractivity contribution is 0.624. The van der Waals surface area contributed by atoms with Gasteiger partial charge in [-0.15, -0.1) is 10.2 Å². The highest BCUT2D eigenvalue weighted by molar-refractivity contribution is 7.18. The van der Waals surface area contributed by atoms with Crippen LogP contribution in [0.5, 0.6) is 0 Å². The second-order valence-corrected chi connectivity index (χ2v) is 6.31. The van der Waals surface area contributed by atoms with E-state index in [9.17, 15) is 4.39 Å². The van der Waals surface area contributed by atoms with Crippen LogP contribution in [0.2, 0.25) is 0 Å². The van der Waals surface area contributed by atoms with Crippen LogP contribution in [0.4, 0.5) is 9.52 Å². The van der Waals surface area contributed by atoms with Gasteiger partial charge in [0.05, 0.1) is 0 Å². The maximum atomic E-state index is 14.1. The quantitative estimate of drug-likeness (QED) is 0.777. The van der Waals surface area contributed by atoms with Gasteiger partial charge in [0.15, 0.2) is 0 Å². The van der Waals surface area contributed by atoms with Gasteiger partial charge in [-0.1, -0.05) is 47.7 Å². The van der Waals surface area contributed by atoms with Gasteiger partial charge in [0, 0.05) is 18.2 Å². The minimum atomic E-state index is -0.189. The molecular weight excluding hydrogens is 309 g/mol. The molecule has 1 heterocycles. The molecule has 1 N–H and O–H groups in total. The average molecular weight is 323 g/mol. The molecular formula is C18H14FN3S. The molecule has 3 aromatic rings. The molecule has 3 nitrogen and oxygen atoms in total. The summed E-state index contributed by atoms with van der Waals surface area (Å²) in [7, 11) is 1.83. The number of anilines is 1. The van der Waals surface area contributed by atoms with Gasteiger partial charge in [-0.3, -0.25) is 0 Å². The summed E-state index contributed by atoms with van der Waals surface area (Å²) < 4.78 is 14.1. The van der Waals surface area contributed by atoms with E-state index in [-0.39, 0.29) is 5.82 Å². The zero-order valence-corrected chi connectivity index (χ0v) is 13.3. The predicted octanol–water partition coefficient (Wildman–Crippen LogP) is 4.37. The summed E-state index contributed by atoms with van der Waals surface area (Å²) >= 11 is 1.50. The monoisotopic (exact) mass is 323 g/mol. The van der Waals surface area contributed by atoms with E-state index in [0.717, 1.165) is 33.3 Å². The molecule has 2 aromatic carbocycles. The minimum absolute atomic E-state index is 0.189. The molecule has 0 fully saturated rings. The first kappa shape index (κ1) is 14.1. The van der Waals surface area contributed by atoms with Gasteiger partial charge in [-0.05, 0) is 35.3 Å². The Hall–Kier alpha value is -2.53. The van der Waals surface area contributed by atoms with Gasteiger partial charge in [-0.25, -0.2) is 4.39 Å². The summed E-state index contributed by atoms with van der Waals surface area (Å²) in [6, 6.07) is 13.1. The van der Waals surface area contributed by atoms with Crippen LogP contribution in [0, 0.1) is 5.82 Å². The third-order valence-corrected chi connectivity index (χ3v) is 4.97. The minimum Gasteiger partial charge on any atom is -0.363 e. The van der Waals surface area contributed by atoms with E-state index in [4.69, 9.17) is 0 Å². The summed E-state index contributed by atoms with van der Waals surface area (Å²) in [5, 5.41) is 12.9. The first-order chi connectivity index (χ1) is 11.3. The third kappa shape index (κ3) is 2.43. The van der Waals surface area contributed by atoms with Gasteiger partial charge in [0.1, 0.15) is 10.8 Å². The molecule has 0 saturated heterocycles. The summed E-state index contributed by atoms with van der Waals surface area (Å²) in [4.78, 5) is 0. The molecule has 1 aliphatic rings. The van der Waals surface area contributed by atoms with Gasteiger partial charge in [-0.2, -0.15) is 0 Å². The standard InChI is InChI=1S/C18H14FN3S/c1-20-18-22-21-17(23-18)12-7-6-11-8-9-13(15(11)10-12)14-4-2-3-5-16(14)19/h2-7,9-10H,8H2,1H3,(H,20,22).